The molecule has 9 nitrogen and oxygen atoms in total. The van der Waals surface area contributed by atoms with Gasteiger partial charge in [-0.3, -0.25) is 20.0 Å². The van der Waals surface area contributed by atoms with Crippen LogP contribution in [0.2, 0.25) is 0 Å². The first-order chi connectivity index (χ1) is 14.6. The van der Waals surface area contributed by atoms with E-state index in [0.29, 0.717) is 22.3 Å². The first-order valence-electron chi connectivity index (χ1n) is 8.85. The molecular weight excluding hydrogens is 389 g/mol. The molecule has 30 heavy (non-hydrogen) atoms. The Morgan fingerprint density at radius 3 is 2.53 bits per heavy atom. The molecule has 0 atom stereocenters. The lowest BCUT2D eigenvalue weighted by Crippen LogP contribution is -2.33. The van der Waals surface area contributed by atoms with E-state index in [1.807, 2.05) is 0 Å². The van der Waals surface area contributed by atoms with Crippen molar-refractivity contribution in [3.63, 3.8) is 0 Å². The summed E-state index contributed by atoms with van der Waals surface area (Å²) in [5.41, 5.74) is 4.57. The number of halogens is 1. The van der Waals surface area contributed by atoms with Crippen molar-refractivity contribution in [3.8, 4) is 11.1 Å². The molecule has 0 radical (unpaired) electrons. The van der Waals surface area contributed by atoms with Crippen molar-refractivity contribution >= 4 is 22.6 Å². The Morgan fingerprint density at radius 2 is 1.77 bits per heavy atom. The summed E-state index contributed by atoms with van der Waals surface area (Å²) in [7, 11) is 0. The Morgan fingerprint density at radius 1 is 1.00 bits per heavy atom. The van der Waals surface area contributed by atoms with Gasteiger partial charge >= 0.3 is 0 Å². The third-order valence-corrected chi connectivity index (χ3v) is 4.58. The molecular formula is C20H12FN7O2. The van der Waals surface area contributed by atoms with Crippen LogP contribution in [-0.4, -0.2) is 35.4 Å². The third kappa shape index (κ3) is 2.87. The quantitative estimate of drug-likeness (QED) is 0.496. The average Bonchev–Trinajstić information content (AvgIpc) is 3.21. The average molecular weight is 401 g/mol. The van der Waals surface area contributed by atoms with Crippen molar-refractivity contribution in [1.82, 2.24) is 29.5 Å². The van der Waals surface area contributed by atoms with Gasteiger partial charge in [-0.05, 0) is 35.9 Å². The van der Waals surface area contributed by atoms with Gasteiger partial charge < -0.3 is 0 Å². The van der Waals surface area contributed by atoms with Gasteiger partial charge in [0.2, 0.25) is 0 Å². The maximum Gasteiger partial charge on any atom is 0.299 e. The lowest BCUT2D eigenvalue weighted by molar-refractivity contribution is 0.101. The maximum absolute atomic E-state index is 13.2. The van der Waals surface area contributed by atoms with Crippen LogP contribution in [0.4, 0.5) is 4.39 Å². The molecule has 0 saturated carbocycles. The van der Waals surface area contributed by atoms with Crippen LogP contribution in [0.25, 0.3) is 27.8 Å². The maximum atomic E-state index is 13.2. The largest absolute Gasteiger partial charge is 0.299 e. The highest BCUT2D eigenvalue weighted by atomic mass is 19.1. The summed E-state index contributed by atoms with van der Waals surface area (Å²) in [6.45, 7) is 0. The fourth-order valence-electron chi connectivity index (χ4n) is 3.09. The van der Waals surface area contributed by atoms with Crippen molar-refractivity contribution in [2.45, 2.75) is 0 Å². The van der Waals surface area contributed by atoms with Gasteiger partial charge in [0, 0.05) is 29.7 Å². The summed E-state index contributed by atoms with van der Waals surface area (Å²) >= 11 is 0. The van der Waals surface area contributed by atoms with Crippen molar-refractivity contribution in [3.05, 3.63) is 89.0 Å². The fraction of sp³-hybridized carbons (Fsp3) is 0. The number of carbonyl (C=O) groups is 1. The Hall–Kier alpha value is -4.47. The van der Waals surface area contributed by atoms with E-state index in [9.17, 15) is 14.0 Å². The van der Waals surface area contributed by atoms with Crippen molar-refractivity contribution in [2.75, 3.05) is 5.43 Å². The van der Waals surface area contributed by atoms with E-state index >= 15 is 0 Å². The van der Waals surface area contributed by atoms with E-state index in [-0.39, 0.29) is 11.3 Å². The monoisotopic (exact) mass is 401 g/mol. The van der Waals surface area contributed by atoms with Crippen LogP contribution in [0.1, 0.15) is 10.4 Å². The molecule has 0 fully saturated rings. The second kappa shape index (κ2) is 6.85. The molecule has 0 aliphatic carbocycles. The van der Waals surface area contributed by atoms with Crippen LogP contribution in [0.3, 0.4) is 0 Å². The summed E-state index contributed by atoms with van der Waals surface area (Å²) in [5, 5.41) is 12.5. The number of pyridine rings is 2. The van der Waals surface area contributed by atoms with Crippen LogP contribution in [0, 0.1) is 5.82 Å². The summed E-state index contributed by atoms with van der Waals surface area (Å²) in [6.07, 6.45) is 5.96. The molecule has 0 spiro atoms. The fourth-order valence-corrected chi connectivity index (χ4v) is 3.09. The number of fused-ring (bicyclic) bond motifs is 3. The number of rotatable bonds is 3. The van der Waals surface area contributed by atoms with Gasteiger partial charge in [-0.1, -0.05) is 12.1 Å². The van der Waals surface area contributed by atoms with Crippen LogP contribution in [0.15, 0.2) is 72.0 Å². The molecule has 5 aromatic rings. The molecule has 5 rings (SSSR count). The van der Waals surface area contributed by atoms with Crippen LogP contribution in [-0.2, 0) is 0 Å². The number of hydrogen-bond acceptors (Lipinski definition) is 6. The molecule has 0 aliphatic heterocycles. The van der Waals surface area contributed by atoms with Crippen molar-refractivity contribution in [1.29, 1.82) is 0 Å². The number of aromatic nitrogens is 6. The Bertz CT molecular complexity index is 1460. The molecule has 4 aromatic heterocycles. The van der Waals surface area contributed by atoms with E-state index in [1.54, 1.807) is 24.4 Å². The number of carbonyl (C=O) groups excluding carboxylic acids is 1. The highest BCUT2D eigenvalue weighted by Gasteiger charge is 2.15. The highest BCUT2D eigenvalue weighted by Crippen LogP contribution is 2.24. The normalized spacial score (nSPS) is 11.1. The van der Waals surface area contributed by atoms with Gasteiger partial charge in [0.15, 0.2) is 11.2 Å². The molecule has 0 bridgehead atoms. The topological polar surface area (TPSA) is 107 Å². The minimum Gasteiger partial charge on any atom is -0.267 e. The number of amides is 1. The van der Waals surface area contributed by atoms with Crippen LogP contribution < -0.4 is 11.0 Å². The van der Waals surface area contributed by atoms with Crippen LogP contribution in [0.5, 0.6) is 0 Å². The lowest BCUT2D eigenvalue weighted by Gasteiger charge is -2.09. The molecule has 0 saturated heterocycles. The van der Waals surface area contributed by atoms with Gasteiger partial charge in [-0.15, -0.1) is 10.2 Å². The Labute approximate surface area is 167 Å². The zero-order valence-electron chi connectivity index (χ0n) is 15.2. The second-order valence-electron chi connectivity index (χ2n) is 6.40. The first-order valence-corrected chi connectivity index (χ1v) is 8.85. The molecule has 1 N–H and O–H groups in total. The van der Waals surface area contributed by atoms with Gasteiger partial charge in [0.05, 0.1) is 6.20 Å². The number of benzene rings is 1. The predicted molar refractivity (Wildman–Crippen MR) is 106 cm³/mol. The number of nitrogens with one attached hydrogen (secondary N) is 1. The highest BCUT2D eigenvalue weighted by molar-refractivity contribution is 5.99. The number of hydrogen-bond donors (Lipinski definition) is 1. The van der Waals surface area contributed by atoms with Gasteiger partial charge in [-0.2, -0.15) is 5.10 Å². The smallest absolute Gasteiger partial charge is 0.267 e. The van der Waals surface area contributed by atoms with E-state index in [4.69, 9.17) is 0 Å². The second-order valence-corrected chi connectivity index (χ2v) is 6.40. The van der Waals surface area contributed by atoms with Crippen molar-refractivity contribution in [2.24, 2.45) is 0 Å². The van der Waals surface area contributed by atoms with Gasteiger partial charge in [0.25, 0.3) is 11.5 Å². The molecule has 1 amide bonds. The standard InChI is InChI=1S/C20H12FN7O2/c21-14-3-1-12(2-4-14)15-11-23-28-16-7-10-27(20(30)17(16)24-25-18(15)28)26-19(29)13-5-8-22-9-6-13/h1-11H,(H,26,29). The number of nitrogens with zero attached hydrogens (tertiary/aromatic N) is 6. The van der Waals surface area contributed by atoms with E-state index in [2.05, 4.69) is 25.7 Å². The lowest BCUT2D eigenvalue weighted by atomic mass is 10.1. The predicted octanol–water partition coefficient (Wildman–Crippen LogP) is 2.02. The molecule has 10 heteroatoms. The molecule has 1 aromatic carbocycles. The van der Waals surface area contributed by atoms with Gasteiger partial charge in [0.1, 0.15) is 11.3 Å². The minimum absolute atomic E-state index is 0.0359. The summed E-state index contributed by atoms with van der Waals surface area (Å²) in [4.78, 5) is 29.0. The molecule has 4 heterocycles. The first kappa shape index (κ1) is 17.6. The van der Waals surface area contributed by atoms with E-state index in [0.717, 1.165) is 10.2 Å². The summed E-state index contributed by atoms with van der Waals surface area (Å²) in [5.74, 6) is -0.813. The molecule has 0 aliphatic rings. The van der Waals surface area contributed by atoms with Gasteiger partial charge in [-0.25, -0.2) is 13.6 Å². The van der Waals surface area contributed by atoms with Crippen LogP contribution >= 0.6 is 0 Å². The Kier molecular flexibility index (Phi) is 4.02. The third-order valence-electron chi connectivity index (χ3n) is 4.58. The SMILES string of the molecule is O=C(Nn1ccc2c(nnc3c(-c4ccc(F)cc4)cnn32)c1=O)c1ccncc1. The van der Waals surface area contributed by atoms with Crippen molar-refractivity contribution < 1.29 is 9.18 Å². The Balaban J connectivity index is 1.58. The molecule has 0 unspecified atom stereocenters. The zero-order valence-corrected chi connectivity index (χ0v) is 15.2. The minimum atomic E-state index is -0.553. The summed E-state index contributed by atoms with van der Waals surface area (Å²) in [6, 6.07) is 10.6. The summed E-state index contributed by atoms with van der Waals surface area (Å²) < 4.78 is 15.7. The van der Waals surface area contributed by atoms with E-state index in [1.165, 1.54) is 47.4 Å². The molecule has 146 valence electrons. The van der Waals surface area contributed by atoms with E-state index < -0.39 is 11.5 Å². The zero-order chi connectivity index (χ0) is 20.7.